The van der Waals surface area contributed by atoms with Gasteiger partial charge in [-0.3, -0.25) is 0 Å². The number of nitrogens with one attached hydrogen (secondary N) is 1. The molecule has 1 fully saturated rings. The van der Waals surface area contributed by atoms with Crippen LogP contribution in [0.4, 0.5) is 0 Å². The van der Waals surface area contributed by atoms with Crippen molar-refractivity contribution >= 4 is 0 Å². The highest BCUT2D eigenvalue weighted by molar-refractivity contribution is 5.31. The Morgan fingerprint density at radius 1 is 1.33 bits per heavy atom. The van der Waals surface area contributed by atoms with Gasteiger partial charge in [0, 0.05) is 6.04 Å². The van der Waals surface area contributed by atoms with E-state index >= 15 is 0 Å². The first-order chi connectivity index (χ1) is 5.97. The molecule has 1 atom stereocenters. The number of allylic oxidation sites excluding steroid dienone is 4. The minimum absolute atomic E-state index is 0.626. The van der Waals surface area contributed by atoms with Crippen LogP contribution in [0.15, 0.2) is 36.0 Å². The lowest BCUT2D eigenvalue weighted by atomic mass is 10.0. The van der Waals surface area contributed by atoms with Crippen molar-refractivity contribution in [1.82, 2.24) is 5.32 Å². The van der Waals surface area contributed by atoms with E-state index in [1.165, 1.54) is 25.0 Å². The molecule has 0 radical (unpaired) electrons. The van der Waals surface area contributed by atoms with E-state index in [-0.39, 0.29) is 0 Å². The van der Waals surface area contributed by atoms with Crippen LogP contribution in [-0.2, 0) is 0 Å². The van der Waals surface area contributed by atoms with Gasteiger partial charge in [0.25, 0.3) is 0 Å². The maximum atomic E-state index is 3.51. The second-order valence-electron chi connectivity index (χ2n) is 3.38. The maximum Gasteiger partial charge on any atom is 0.0317 e. The highest BCUT2D eigenvalue weighted by Crippen LogP contribution is 2.17. The molecule has 0 bridgehead atoms. The van der Waals surface area contributed by atoms with Gasteiger partial charge in [0.05, 0.1) is 0 Å². The van der Waals surface area contributed by atoms with Gasteiger partial charge in [-0.1, -0.05) is 30.4 Å². The van der Waals surface area contributed by atoms with E-state index in [4.69, 9.17) is 0 Å². The van der Waals surface area contributed by atoms with Crippen molar-refractivity contribution in [2.75, 3.05) is 6.54 Å². The predicted molar refractivity (Wildman–Crippen MR) is 52.0 cm³/mol. The van der Waals surface area contributed by atoms with E-state index in [0.29, 0.717) is 6.04 Å². The van der Waals surface area contributed by atoms with Gasteiger partial charge >= 0.3 is 0 Å². The molecule has 2 rings (SSSR count). The van der Waals surface area contributed by atoms with Crippen molar-refractivity contribution in [1.29, 1.82) is 0 Å². The molecule has 1 unspecified atom stereocenters. The van der Waals surface area contributed by atoms with Gasteiger partial charge in [-0.05, 0) is 31.4 Å². The lowest BCUT2D eigenvalue weighted by Crippen LogP contribution is -2.22. The van der Waals surface area contributed by atoms with Gasteiger partial charge in [0.2, 0.25) is 0 Å². The molecule has 0 aromatic rings. The van der Waals surface area contributed by atoms with Crippen LogP contribution in [0, 0.1) is 0 Å². The van der Waals surface area contributed by atoms with Gasteiger partial charge < -0.3 is 5.32 Å². The molecule has 2 aliphatic rings. The van der Waals surface area contributed by atoms with Crippen molar-refractivity contribution in [3.63, 3.8) is 0 Å². The molecule has 0 amide bonds. The molecule has 12 heavy (non-hydrogen) atoms. The molecule has 64 valence electrons. The minimum Gasteiger partial charge on any atom is -0.310 e. The molecular formula is C11H15N. The van der Waals surface area contributed by atoms with E-state index in [0.717, 1.165) is 6.42 Å². The quantitative estimate of drug-likeness (QED) is 0.621. The number of rotatable bonds is 1. The standard InChI is InChI=1S/C11H15N/c1-2-4-7-10(6-3-1)11-8-5-9-12-11/h1-3,6-7,11-12H,4-5,8-9H2. The summed E-state index contributed by atoms with van der Waals surface area (Å²) in [5.41, 5.74) is 1.47. The highest BCUT2D eigenvalue weighted by atomic mass is 14.9. The van der Waals surface area contributed by atoms with Crippen molar-refractivity contribution in [2.24, 2.45) is 0 Å². The first kappa shape index (κ1) is 7.81. The SMILES string of the molecule is C1=CCC=C(C2CCCN2)C=C1. The zero-order valence-corrected chi connectivity index (χ0v) is 7.29. The van der Waals surface area contributed by atoms with Gasteiger partial charge in [-0.15, -0.1) is 0 Å². The Balaban J connectivity index is 2.06. The first-order valence-corrected chi connectivity index (χ1v) is 4.73. The molecule has 0 aromatic heterocycles. The molecule has 1 heteroatoms. The number of hydrogen-bond acceptors (Lipinski definition) is 1. The number of hydrogen-bond donors (Lipinski definition) is 1. The average molecular weight is 161 g/mol. The van der Waals surface area contributed by atoms with Gasteiger partial charge in [0.1, 0.15) is 0 Å². The van der Waals surface area contributed by atoms with Crippen LogP contribution in [0.1, 0.15) is 19.3 Å². The minimum atomic E-state index is 0.626. The van der Waals surface area contributed by atoms with Crippen LogP contribution in [0.3, 0.4) is 0 Å². The second-order valence-corrected chi connectivity index (χ2v) is 3.38. The third-order valence-corrected chi connectivity index (χ3v) is 2.49. The van der Waals surface area contributed by atoms with E-state index in [1.807, 2.05) is 0 Å². The first-order valence-electron chi connectivity index (χ1n) is 4.73. The van der Waals surface area contributed by atoms with Crippen molar-refractivity contribution in [2.45, 2.75) is 25.3 Å². The van der Waals surface area contributed by atoms with E-state index in [9.17, 15) is 0 Å². The van der Waals surface area contributed by atoms with Crippen molar-refractivity contribution < 1.29 is 0 Å². The summed E-state index contributed by atoms with van der Waals surface area (Å²) in [7, 11) is 0. The molecule has 0 aromatic carbocycles. The summed E-state index contributed by atoms with van der Waals surface area (Å²) in [5, 5.41) is 3.51. The van der Waals surface area contributed by atoms with E-state index in [2.05, 4.69) is 35.7 Å². The Bertz CT molecular complexity index is 229. The van der Waals surface area contributed by atoms with Gasteiger partial charge in [-0.2, -0.15) is 0 Å². The van der Waals surface area contributed by atoms with Gasteiger partial charge in [0.15, 0.2) is 0 Å². The second kappa shape index (κ2) is 3.72. The molecule has 1 heterocycles. The van der Waals surface area contributed by atoms with Gasteiger partial charge in [-0.25, -0.2) is 0 Å². The molecule has 1 aliphatic heterocycles. The van der Waals surface area contributed by atoms with E-state index < -0.39 is 0 Å². The molecule has 1 nitrogen and oxygen atoms in total. The summed E-state index contributed by atoms with van der Waals surface area (Å²) in [5.74, 6) is 0. The summed E-state index contributed by atoms with van der Waals surface area (Å²) >= 11 is 0. The largest absolute Gasteiger partial charge is 0.310 e. The van der Waals surface area contributed by atoms with E-state index in [1.54, 1.807) is 0 Å². The van der Waals surface area contributed by atoms with Crippen LogP contribution in [0.5, 0.6) is 0 Å². The monoisotopic (exact) mass is 161 g/mol. The van der Waals surface area contributed by atoms with Crippen LogP contribution >= 0.6 is 0 Å². The summed E-state index contributed by atoms with van der Waals surface area (Å²) in [6.07, 6.45) is 14.7. The fourth-order valence-electron chi connectivity index (χ4n) is 1.82. The van der Waals surface area contributed by atoms with Crippen molar-refractivity contribution in [3.8, 4) is 0 Å². The Morgan fingerprint density at radius 2 is 2.33 bits per heavy atom. The van der Waals surface area contributed by atoms with Crippen LogP contribution in [0.25, 0.3) is 0 Å². The van der Waals surface area contributed by atoms with Crippen LogP contribution < -0.4 is 5.32 Å². The fourth-order valence-corrected chi connectivity index (χ4v) is 1.82. The Morgan fingerprint density at radius 3 is 3.17 bits per heavy atom. The Hall–Kier alpha value is -0.820. The molecule has 0 saturated carbocycles. The molecule has 1 saturated heterocycles. The average Bonchev–Trinajstić information content (AvgIpc) is 2.48. The summed E-state index contributed by atoms with van der Waals surface area (Å²) < 4.78 is 0. The molecule has 1 N–H and O–H groups in total. The summed E-state index contributed by atoms with van der Waals surface area (Å²) in [6.45, 7) is 1.18. The zero-order valence-electron chi connectivity index (χ0n) is 7.29. The summed E-state index contributed by atoms with van der Waals surface area (Å²) in [4.78, 5) is 0. The fraction of sp³-hybridized carbons (Fsp3) is 0.455. The molecule has 1 aliphatic carbocycles. The predicted octanol–water partition coefficient (Wildman–Crippen LogP) is 2.18. The Kier molecular flexibility index (Phi) is 2.42. The lowest BCUT2D eigenvalue weighted by Gasteiger charge is -2.10. The Labute approximate surface area is 73.9 Å². The van der Waals surface area contributed by atoms with Crippen LogP contribution in [0.2, 0.25) is 0 Å². The smallest absolute Gasteiger partial charge is 0.0317 e. The lowest BCUT2D eigenvalue weighted by molar-refractivity contribution is 0.701. The third kappa shape index (κ3) is 1.67. The summed E-state index contributed by atoms with van der Waals surface area (Å²) in [6, 6.07) is 0.626. The molecule has 0 spiro atoms. The van der Waals surface area contributed by atoms with Crippen molar-refractivity contribution in [3.05, 3.63) is 36.0 Å². The molecular weight excluding hydrogens is 146 g/mol. The topological polar surface area (TPSA) is 12.0 Å². The van der Waals surface area contributed by atoms with Crippen LogP contribution in [-0.4, -0.2) is 12.6 Å². The highest BCUT2D eigenvalue weighted by Gasteiger charge is 2.16. The normalized spacial score (nSPS) is 28.7. The maximum absolute atomic E-state index is 3.51. The third-order valence-electron chi connectivity index (χ3n) is 2.49. The zero-order chi connectivity index (χ0) is 8.23.